The van der Waals surface area contributed by atoms with Crippen LogP contribution in [-0.2, 0) is 6.18 Å². The Morgan fingerprint density at radius 2 is 1.80 bits per heavy atom. The molecule has 2 rings (SSSR count). The van der Waals surface area contributed by atoms with Gasteiger partial charge in [-0.15, -0.1) is 0 Å². The molecular weight excluding hydrogens is 203 g/mol. The van der Waals surface area contributed by atoms with Gasteiger partial charge >= 0.3 is 6.18 Å². The van der Waals surface area contributed by atoms with E-state index in [2.05, 4.69) is 4.98 Å². The van der Waals surface area contributed by atoms with Crippen LogP contribution in [0.1, 0.15) is 43.0 Å². The zero-order chi connectivity index (χ0) is 10.9. The molecule has 0 spiro atoms. The van der Waals surface area contributed by atoms with Crippen molar-refractivity contribution in [3.63, 3.8) is 0 Å². The Morgan fingerprint density at radius 3 is 2.40 bits per heavy atom. The Bertz CT molecular complexity index is 340. The van der Waals surface area contributed by atoms with E-state index in [4.69, 9.17) is 0 Å². The minimum absolute atomic E-state index is 0.229. The van der Waals surface area contributed by atoms with Crippen molar-refractivity contribution in [2.24, 2.45) is 0 Å². The van der Waals surface area contributed by atoms with Crippen LogP contribution in [0.3, 0.4) is 0 Å². The maximum atomic E-state index is 12.4. The highest BCUT2D eigenvalue weighted by Crippen LogP contribution is 2.35. The van der Waals surface area contributed by atoms with Crippen molar-refractivity contribution in [2.45, 2.75) is 37.8 Å². The molecule has 1 fully saturated rings. The van der Waals surface area contributed by atoms with Crippen molar-refractivity contribution in [3.05, 3.63) is 29.6 Å². The summed E-state index contributed by atoms with van der Waals surface area (Å²) in [6.45, 7) is 0. The number of pyridine rings is 1. The van der Waals surface area contributed by atoms with Crippen LogP contribution < -0.4 is 0 Å². The Hall–Kier alpha value is -1.06. The van der Waals surface area contributed by atoms with E-state index >= 15 is 0 Å². The van der Waals surface area contributed by atoms with Crippen molar-refractivity contribution in [3.8, 4) is 0 Å². The van der Waals surface area contributed by atoms with Gasteiger partial charge in [-0.2, -0.15) is 13.2 Å². The number of halogens is 3. The second-order valence-corrected chi connectivity index (χ2v) is 3.93. The largest absolute Gasteiger partial charge is 0.433 e. The number of nitrogens with zero attached hydrogens (tertiary/aromatic N) is 1. The summed E-state index contributed by atoms with van der Waals surface area (Å²) in [6, 6.07) is 4.17. The zero-order valence-electron chi connectivity index (χ0n) is 8.22. The number of alkyl halides is 3. The maximum absolute atomic E-state index is 12.4. The van der Waals surface area contributed by atoms with Crippen molar-refractivity contribution >= 4 is 0 Å². The van der Waals surface area contributed by atoms with Gasteiger partial charge in [-0.25, -0.2) is 4.98 Å². The lowest BCUT2D eigenvalue weighted by Crippen LogP contribution is -2.10. The van der Waals surface area contributed by atoms with E-state index < -0.39 is 11.9 Å². The maximum Gasteiger partial charge on any atom is 0.433 e. The van der Waals surface area contributed by atoms with Gasteiger partial charge in [0.25, 0.3) is 0 Å². The molecule has 0 N–H and O–H groups in total. The van der Waals surface area contributed by atoms with E-state index in [1.807, 2.05) is 0 Å². The van der Waals surface area contributed by atoms with Gasteiger partial charge in [-0.05, 0) is 25.0 Å². The number of hydrogen-bond acceptors (Lipinski definition) is 1. The molecule has 0 aromatic carbocycles. The summed E-state index contributed by atoms with van der Waals surface area (Å²) >= 11 is 0. The smallest absolute Gasteiger partial charge is 0.248 e. The predicted octanol–water partition coefficient (Wildman–Crippen LogP) is 3.76. The summed E-state index contributed by atoms with van der Waals surface area (Å²) in [5.74, 6) is 0.229. The molecule has 1 saturated carbocycles. The molecule has 82 valence electrons. The zero-order valence-corrected chi connectivity index (χ0v) is 8.22. The van der Waals surface area contributed by atoms with Crippen LogP contribution in [0.15, 0.2) is 18.2 Å². The van der Waals surface area contributed by atoms with E-state index in [-0.39, 0.29) is 5.92 Å². The average molecular weight is 215 g/mol. The molecule has 1 heterocycles. The molecule has 1 aliphatic rings. The molecule has 0 radical (unpaired) electrons. The van der Waals surface area contributed by atoms with E-state index in [9.17, 15) is 13.2 Å². The fraction of sp³-hybridized carbons (Fsp3) is 0.545. The van der Waals surface area contributed by atoms with Crippen molar-refractivity contribution < 1.29 is 13.2 Å². The van der Waals surface area contributed by atoms with E-state index in [1.165, 1.54) is 6.07 Å². The highest BCUT2D eigenvalue weighted by molar-refractivity contribution is 5.17. The summed E-state index contributed by atoms with van der Waals surface area (Å²) in [4.78, 5) is 3.70. The van der Waals surface area contributed by atoms with Crippen molar-refractivity contribution in [1.82, 2.24) is 4.98 Å². The van der Waals surface area contributed by atoms with Crippen LogP contribution in [-0.4, -0.2) is 4.98 Å². The minimum atomic E-state index is -4.32. The molecule has 0 unspecified atom stereocenters. The molecule has 1 aromatic heterocycles. The fourth-order valence-electron chi connectivity index (χ4n) is 2.06. The van der Waals surface area contributed by atoms with Crippen LogP contribution in [0.2, 0.25) is 0 Å². The lowest BCUT2D eigenvalue weighted by molar-refractivity contribution is -0.141. The Morgan fingerprint density at radius 1 is 1.13 bits per heavy atom. The van der Waals surface area contributed by atoms with Gasteiger partial charge in [0.15, 0.2) is 0 Å². The highest BCUT2D eigenvalue weighted by Gasteiger charge is 2.33. The molecule has 0 atom stereocenters. The minimum Gasteiger partial charge on any atom is -0.248 e. The summed E-state index contributed by atoms with van der Waals surface area (Å²) in [6.07, 6.45) is -0.192. The Balaban J connectivity index is 2.26. The molecule has 0 bridgehead atoms. The van der Waals surface area contributed by atoms with E-state index in [1.54, 1.807) is 6.07 Å². The molecule has 0 amide bonds. The molecule has 1 aliphatic carbocycles. The van der Waals surface area contributed by atoms with Crippen LogP contribution in [0.25, 0.3) is 0 Å². The van der Waals surface area contributed by atoms with Gasteiger partial charge in [0, 0.05) is 11.6 Å². The van der Waals surface area contributed by atoms with Crippen LogP contribution in [0.5, 0.6) is 0 Å². The first kappa shape index (κ1) is 10.5. The summed E-state index contributed by atoms with van der Waals surface area (Å²) in [5, 5.41) is 0. The van der Waals surface area contributed by atoms with Gasteiger partial charge in [0.05, 0.1) is 0 Å². The first-order valence-corrected chi connectivity index (χ1v) is 5.11. The Labute approximate surface area is 86.3 Å². The number of rotatable bonds is 1. The Kier molecular flexibility index (Phi) is 2.67. The SMILES string of the molecule is FC(F)(F)c1cccc(C2CCCC2)n1. The number of hydrogen-bond donors (Lipinski definition) is 0. The molecule has 4 heteroatoms. The average Bonchev–Trinajstić information content (AvgIpc) is 2.69. The third-order valence-electron chi connectivity index (χ3n) is 2.83. The van der Waals surface area contributed by atoms with E-state index in [0.717, 1.165) is 31.7 Å². The molecule has 1 nitrogen and oxygen atoms in total. The van der Waals surface area contributed by atoms with E-state index in [0.29, 0.717) is 5.69 Å². The van der Waals surface area contributed by atoms with Gasteiger partial charge in [0.2, 0.25) is 0 Å². The fourth-order valence-corrected chi connectivity index (χ4v) is 2.06. The predicted molar refractivity (Wildman–Crippen MR) is 50.4 cm³/mol. The molecule has 0 saturated heterocycles. The lowest BCUT2D eigenvalue weighted by atomic mass is 10.0. The molecule has 0 aliphatic heterocycles. The first-order chi connectivity index (χ1) is 7.07. The third kappa shape index (κ3) is 2.30. The quantitative estimate of drug-likeness (QED) is 0.695. The van der Waals surface area contributed by atoms with Gasteiger partial charge in [0.1, 0.15) is 5.69 Å². The topological polar surface area (TPSA) is 12.9 Å². The number of aromatic nitrogens is 1. The van der Waals surface area contributed by atoms with Gasteiger partial charge in [-0.1, -0.05) is 18.9 Å². The van der Waals surface area contributed by atoms with Gasteiger partial charge in [-0.3, -0.25) is 0 Å². The first-order valence-electron chi connectivity index (χ1n) is 5.11. The van der Waals surface area contributed by atoms with Crippen LogP contribution >= 0.6 is 0 Å². The highest BCUT2D eigenvalue weighted by atomic mass is 19.4. The summed E-state index contributed by atoms with van der Waals surface area (Å²) in [5.41, 5.74) is -0.172. The lowest BCUT2D eigenvalue weighted by Gasteiger charge is -2.11. The van der Waals surface area contributed by atoms with Crippen LogP contribution in [0.4, 0.5) is 13.2 Å². The monoisotopic (exact) mass is 215 g/mol. The van der Waals surface area contributed by atoms with Crippen LogP contribution in [0, 0.1) is 0 Å². The normalized spacial score (nSPS) is 18.3. The summed E-state index contributed by atoms with van der Waals surface area (Å²) < 4.78 is 37.2. The van der Waals surface area contributed by atoms with Gasteiger partial charge < -0.3 is 0 Å². The van der Waals surface area contributed by atoms with Crippen molar-refractivity contribution in [1.29, 1.82) is 0 Å². The van der Waals surface area contributed by atoms with Crippen molar-refractivity contribution in [2.75, 3.05) is 0 Å². The molecule has 1 aromatic rings. The standard InChI is InChI=1S/C11H12F3N/c12-11(13,14)10-7-3-6-9(15-10)8-4-1-2-5-8/h3,6-8H,1-2,4-5H2. The third-order valence-corrected chi connectivity index (χ3v) is 2.83. The second kappa shape index (κ2) is 3.83. The molecule has 15 heavy (non-hydrogen) atoms. The second-order valence-electron chi connectivity index (χ2n) is 3.93. The molecular formula is C11H12F3N. The summed E-state index contributed by atoms with van der Waals surface area (Å²) in [7, 11) is 0.